The Hall–Kier alpha value is -2.57. The minimum atomic E-state index is 0.675. The van der Waals surface area contributed by atoms with Crippen LogP contribution in [0.1, 0.15) is 11.3 Å². The molecule has 0 saturated carbocycles. The van der Waals surface area contributed by atoms with Crippen LogP contribution in [0.15, 0.2) is 67.9 Å². The molecule has 0 bridgehead atoms. The van der Waals surface area contributed by atoms with E-state index in [0.717, 1.165) is 31.0 Å². The lowest BCUT2D eigenvalue weighted by Gasteiger charge is -2.20. The lowest BCUT2D eigenvalue weighted by molar-refractivity contribution is 0.322. The monoisotopic (exact) mass is 277 g/mol. The summed E-state index contributed by atoms with van der Waals surface area (Å²) < 4.78 is 2.07. The first-order valence-electron chi connectivity index (χ1n) is 6.90. The van der Waals surface area contributed by atoms with Gasteiger partial charge in [-0.15, -0.1) is 13.2 Å². The third-order valence-electron chi connectivity index (χ3n) is 3.28. The molecule has 106 valence electrons. The van der Waals surface area contributed by atoms with Gasteiger partial charge in [-0.2, -0.15) is 5.26 Å². The highest BCUT2D eigenvalue weighted by atomic mass is 15.1. The Kier molecular flexibility index (Phi) is 5.14. The molecule has 0 amide bonds. The van der Waals surface area contributed by atoms with Crippen LogP contribution in [0.2, 0.25) is 0 Å². The van der Waals surface area contributed by atoms with Gasteiger partial charge >= 0.3 is 0 Å². The summed E-state index contributed by atoms with van der Waals surface area (Å²) in [7, 11) is 0. The molecule has 0 atom stereocenters. The maximum Gasteiger partial charge on any atom is 0.101 e. The maximum absolute atomic E-state index is 9.26. The van der Waals surface area contributed by atoms with E-state index in [9.17, 15) is 5.26 Å². The van der Waals surface area contributed by atoms with E-state index in [2.05, 4.69) is 34.8 Å². The van der Waals surface area contributed by atoms with Gasteiger partial charge in [0, 0.05) is 31.5 Å². The number of nitriles is 1. The molecular weight excluding hydrogens is 258 g/mol. The Morgan fingerprint density at radius 2 is 1.81 bits per heavy atom. The van der Waals surface area contributed by atoms with Crippen molar-refractivity contribution in [1.29, 1.82) is 5.26 Å². The van der Waals surface area contributed by atoms with Gasteiger partial charge in [0.25, 0.3) is 0 Å². The van der Waals surface area contributed by atoms with Crippen LogP contribution in [0, 0.1) is 11.3 Å². The maximum atomic E-state index is 9.26. The van der Waals surface area contributed by atoms with Crippen LogP contribution >= 0.6 is 0 Å². The zero-order chi connectivity index (χ0) is 15.1. The number of aromatic nitrogens is 1. The number of hydrogen-bond donors (Lipinski definition) is 0. The van der Waals surface area contributed by atoms with Gasteiger partial charge in [-0.1, -0.05) is 24.3 Å². The fraction of sp³-hybridized carbons (Fsp3) is 0.167. The van der Waals surface area contributed by atoms with Crippen molar-refractivity contribution < 1.29 is 0 Å². The topological polar surface area (TPSA) is 32.0 Å². The number of hydrogen-bond acceptors (Lipinski definition) is 2. The summed E-state index contributed by atoms with van der Waals surface area (Å²) >= 11 is 0. The third kappa shape index (κ3) is 3.50. The highest BCUT2D eigenvalue weighted by molar-refractivity contribution is 5.49. The quantitative estimate of drug-likeness (QED) is 0.725. The highest BCUT2D eigenvalue weighted by Crippen LogP contribution is 2.18. The summed E-state index contributed by atoms with van der Waals surface area (Å²) in [5.74, 6) is 0. The SMILES string of the molecule is C=CCN(CC=C)Cc1cccn1-c1ccccc1C#N. The van der Waals surface area contributed by atoms with Crippen molar-refractivity contribution in [2.75, 3.05) is 13.1 Å². The van der Waals surface area contributed by atoms with Crippen molar-refractivity contribution >= 4 is 0 Å². The minimum absolute atomic E-state index is 0.675. The van der Waals surface area contributed by atoms with Gasteiger partial charge in [-0.25, -0.2) is 0 Å². The Balaban J connectivity index is 2.32. The van der Waals surface area contributed by atoms with Crippen molar-refractivity contribution in [2.45, 2.75) is 6.54 Å². The van der Waals surface area contributed by atoms with Crippen LogP contribution in [0.3, 0.4) is 0 Å². The van der Waals surface area contributed by atoms with Crippen molar-refractivity contribution in [3.05, 3.63) is 79.2 Å². The van der Waals surface area contributed by atoms with E-state index >= 15 is 0 Å². The van der Waals surface area contributed by atoms with Crippen LogP contribution in [0.4, 0.5) is 0 Å². The molecule has 1 aromatic heterocycles. The molecule has 0 saturated heterocycles. The molecule has 0 spiro atoms. The minimum Gasteiger partial charge on any atom is -0.318 e. The average molecular weight is 277 g/mol. The fourth-order valence-electron chi connectivity index (χ4n) is 2.36. The molecule has 3 heteroatoms. The lowest BCUT2D eigenvalue weighted by atomic mass is 10.2. The number of para-hydroxylation sites is 1. The fourth-order valence-corrected chi connectivity index (χ4v) is 2.36. The van der Waals surface area contributed by atoms with Gasteiger partial charge in [0.2, 0.25) is 0 Å². The zero-order valence-electron chi connectivity index (χ0n) is 12.1. The van der Waals surface area contributed by atoms with Gasteiger partial charge in [0.15, 0.2) is 0 Å². The molecule has 2 rings (SSSR count). The molecule has 21 heavy (non-hydrogen) atoms. The summed E-state index contributed by atoms with van der Waals surface area (Å²) in [5, 5.41) is 9.26. The smallest absolute Gasteiger partial charge is 0.101 e. The third-order valence-corrected chi connectivity index (χ3v) is 3.28. The predicted octanol–water partition coefficient (Wildman–Crippen LogP) is 3.52. The standard InChI is InChI=1S/C18H19N3/c1-3-11-20(12-4-2)15-17-9-7-13-21(17)18-10-6-5-8-16(18)14-19/h3-10,13H,1-2,11-12,15H2. The molecular formula is C18H19N3. The van der Waals surface area contributed by atoms with Crippen molar-refractivity contribution in [2.24, 2.45) is 0 Å². The van der Waals surface area contributed by atoms with E-state index in [0.29, 0.717) is 5.56 Å². The second kappa shape index (κ2) is 7.28. The van der Waals surface area contributed by atoms with E-state index in [-0.39, 0.29) is 0 Å². The largest absolute Gasteiger partial charge is 0.318 e. The normalized spacial score (nSPS) is 10.3. The summed E-state index contributed by atoms with van der Waals surface area (Å²) in [6.07, 6.45) is 5.77. The van der Waals surface area contributed by atoms with Gasteiger partial charge in [0.1, 0.15) is 6.07 Å². The Morgan fingerprint density at radius 1 is 1.10 bits per heavy atom. The Labute approximate surface area is 126 Å². The number of rotatable bonds is 7. The van der Waals surface area contributed by atoms with E-state index in [4.69, 9.17) is 0 Å². The van der Waals surface area contributed by atoms with Crippen LogP contribution in [-0.2, 0) is 6.54 Å². The molecule has 0 unspecified atom stereocenters. The van der Waals surface area contributed by atoms with Crippen molar-refractivity contribution in [3.8, 4) is 11.8 Å². The number of nitrogens with zero attached hydrogens (tertiary/aromatic N) is 3. The van der Waals surface area contributed by atoms with Gasteiger partial charge < -0.3 is 4.57 Å². The summed E-state index contributed by atoms with van der Waals surface area (Å²) in [6.45, 7) is 9.98. The first-order chi connectivity index (χ1) is 10.3. The van der Waals surface area contributed by atoms with Crippen molar-refractivity contribution in [1.82, 2.24) is 9.47 Å². The second-order valence-electron chi connectivity index (χ2n) is 4.77. The molecule has 0 N–H and O–H groups in total. The summed E-state index contributed by atoms with van der Waals surface area (Å²) in [6, 6.07) is 14.0. The van der Waals surface area contributed by atoms with Crippen LogP contribution in [0.5, 0.6) is 0 Å². The average Bonchev–Trinajstić information content (AvgIpc) is 2.95. The zero-order valence-corrected chi connectivity index (χ0v) is 12.1. The van der Waals surface area contributed by atoms with Crippen molar-refractivity contribution in [3.63, 3.8) is 0 Å². The summed E-state index contributed by atoms with van der Waals surface area (Å²) in [4.78, 5) is 2.24. The van der Waals surface area contributed by atoms with Crippen LogP contribution in [-0.4, -0.2) is 22.6 Å². The molecule has 0 aliphatic rings. The molecule has 3 nitrogen and oxygen atoms in total. The highest BCUT2D eigenvalue weighted by Gasteiger charge is 2.10. The Bertz CT molecular complexity index is 651. The van der Waals surface area contributed by atoms with Crippen LogP contribution in [0.25, 0.3) is 5.69 Å². The molecule has 2 aromatic rings. The Morgan fingerprint density at radius 3 is 2.48 bits per heavy atom. The van der Waals surface area contributed by atoms with E-state index in [1.54, 1.807) is 0 Å². The molecule has 1 heterocycles. The molecule has 1 aromatic carbocycles. The van der Waals surface area contributed by atoms with Crippen LogP contribution < -0.4 is 0 Å². The molecule has 0 aliphatic heterocycles. The van der Waals surface area contributed by atoms with E-state index < -0.39 is 0 Å². The van der Waals surface area contributed by atoms with Gasteiger partial charge in [-0.3, -0.25) is 4.90 Å². The van der Waals surface area contributed by atoms with Gasteiger partial charge in [-0.05, 0) is 24.3 Å². The van der Waals surface area contributed by atoms with E-state index in [1.165, 1.54) is 0 Å². The summed E-state index contributed by atoms with van der Waals surface area (Å²) in [5.41, 5.74) is 2.73. The van der Waals surface area contributed by atoms with Gasteiger partial charge in [0.05, 0.1) is 11.3 Å². The first-order valence-corrected chi connectivity index (χ1v) is 6.90. The predicted molar refractivity (Wildman–Crippen MR) is 86.2 cm³/mol. The van der Waals surface area contributed by atoms with E-state index in [1.807, 2.05) is 48.7 Å². The number of benzene rings is 1. The molecule has 0 fully saturated rings. The molecule has 0 aliphatic carbocycles. The first kappa shape index (κ1) is 14.8. The second-order valence-corrected chi connectivity index (χ2v) is 4.77. The lowest BCUT2D eigenvalue weighted by Crippen LogP contribution is -2.24. The molecule has 0 radical (unpaired) electrons.